The first kappa shape index (κ1) is 25.2. The molecule has 0 unspecified atom stereocenters. The van der Waals surface area contributed by atoms with Crippen molar-refractivity contribution in [3.63, 3.8) is 0 Å². The summed E-state index contributed by atoms with van der Waals surface area (Å²) in [5.41, 5.74) is 0.783. The fraction of sp³-hybridized carbons (Fsp3) is 0.296. The number of fused-ring (bicyclic) bond motifs is 2. The van der Waals surface area contributed by atoms with Crippen LogP contribution < -0.4 is 4.90 Å². The number of amides is 2. The number of hydrogen-bond donors (Lipinski definition) is 0. The van der Waals surface area contributed by atoms with Gasteiger partial charge in [-0.05, 0) is 38.1 Å². The van der Waals surface area contributed by atoms with Gasteiger partial charge in [0.1, 0.15) is 24.6 Å². The van der Waals surface area contributed by atoms with E-state index in [1.165, 1.54) is 17.2 Å². The van der Waals surface area contributed by atoms with Crippen molar-refractivity contribution >= 4 is 28.8 Å². The molecule has 2 amide bonds. The fourth-order valence-corrected chi connectivity index (χ4v) is 4.93. The number of halogens is 2. The first-order valence-electron chi connectivity index (χ1n) is 12.2. The van der Waals surface area contributed by atoms with Crippen molar-refractivity contribution in [1.82, 2.24) is 19.5 Å². The summed E-state index contributed by atoms with van der Waals surface area (Å²) in [7, 11) is 0. The molecular formula is C27H23F2N5O5. The molecule has 2 aliphatic heterocycles. The van der Waals surface area contributed by atoms with Gasteiger partial charge in [0.15, 0.2) is 29.0 Å². The van der Waals surface area contributed by atoms with Gasteiger partial charge in [0.05, 0.1) is 6.33 Å². The lowest BCUT2D eigenvalue weighted by Crippen LogP contribution is -2.38. The quantitative estimate of drug-likeness (QED) is 0.353. The van der Waals surface area contributed by atoms with Crippen LogP contribution in [0.25, 0.3) is 11.2 Å². The average molecular weight is 536 g/mol. The van der Waals surface area contributed by atoms with Crippen LogP contribution in [0, 0.1) is 0 Å². The zero-order valence-electron chi connectivity index (χ0n) is 20.8. The summed E-state index contributed by atoms with van der Waals surface area (Å²) in [4.78, 5) is 41.2. The van der Waals surface area contributed by atoms with E-state index in [-0.39, 0.29) is 28.1 Å². The third kappa shape index (κ3) is 4.36. The minimum Gasteiger partial charge on any atom is -0.343 e. The SMILES string of the molecule is CC1(C)O[C@@H]2[C@H](O1)[C@@H](C(F)F)O[C@H]2n1cnc2c(N(C(=O)c3ccccc3)C(=O)c3ccccc3)ncnc21. The number of rotatable bonds is 5. The van der Waals surface area contributed by atoms with Crippen LogP contribution in [0.1, 0.15) is 40.8 Å². The summed E-state index contributed by atoms with van der Waals surface area (Å²) in [6.07, 6.45) is -4.77. The first-order chi connectivity index (χ1) is 18.7. The van der Waals surface area contributed by atoms with Crippen LogP contribution >= 0.6 is 0 Å². The molecule has 2 fully saturated rings. The van der Waals surface area contributed by atoms with Crippen LogP contribution in [0.2, 0.25) is 0 Å². The van der Waals surface area contributed by atoms with E-state index in [2.05, 4.69) is 15.0 Å². The van der Waals surface area contributed by atoms with Gasteiger partial charge in [-0.15, -0.1) is 0 Å². The van der Waals surface area contributed by atoms with Gasteiger partial charge >= 0.3 is 0 Å². The minimum atomic E-state index is -2.82. The van der Waals surface area contributed by atoms with E-state index in [0.29, 0.717) is 0 Å². The topological polar surface area (TPSA) is 109 Å². The Hall–Kier alpha value is -4.13. The second kappa shape index (κ2) is 9.56. The molecule has 0 aliphatic carbocycles. The molecule has 4 atom stereocenters. The fourth-order valence-electron chi connectivity index (χ4n) is 4.93. The Balaban J connectivity index is 1.45. The maximum Gasteiger partial charge on any atom is 0.267 e. The Kier molecular flexibility index (Phi) is 6.17. The smallest absolute Gasteiger partial charge is 0.267 e. The lowest BCUT2D eigenvalue weighted by Gasteiger charge is -2.24. The van der Waals surface area contributed by atoms with E-state index in [4.69, 9.17) is 14.2 Å². The van der Waals surface area contributed by atoms with Crippen LogP contribution in [0.3, 0.4) is 0 Å². The van der Waals surface area contributed by atoms with Crippen molar-refractivity contribution in [1.29, 1.82) is 0 Å². The Labute approximate surface area is 221 Å². The molecule has 2 aliphatic rings. The Morgan fingerprint density at radius 1 is 0.897 bits per heavy atom. The van der Waals surface area contributed by atoms with Gasteiger partial charge in [-0.2, -0.15) is 0 Å². The van der Waals surface area contributed by atoms with E-state index in [9.17, 15) is 18.4 Å². The normalized spacial score (nSPS) is 23.7. The number of carbonyl (C=O) groups is 2. The number of imide groups is 1. The number of carbonyl (C=O) groups excluding carboxylic acids is 2. The van der Waals surface area contributed by atoms with Crippen molar-refractivity contribution in [3.8, 4) is 0 Å². The maximum atomic E-state index is 13.8. The number of benzene rings is 2. The van der Waals surface area contributed by atoms with Crippen LogP contribution in [-0.2, 0) is 14.2 Å². The number of ether oxygens (including phenoxy) is 3. The summed E-state index contributed by atoms with van der Waals surface area (Å²) in [6.45, 7) is 3.28. The second-order valence-electron chi connectivity index (χ2n) is 9.59. The highest BCUT2D eigenvalue weighted by Gasteiger charge is 2.58. The van der Waals surface area contributed by atoms with Crippen LogP contribution in [-0.4, -0.2) is 61.9 Å². The molecule has 0 saturated carbocycles. The number of alkyl halides is 2. The predicted octanol–water partition coefficient (Wildman–Crippen LogP) is 4.00. The number of imidazole rings is 1. The van der Waals surface area contributed by atoms with Crippen molar-refractivity contribution < 1.29 is 32.6 Å². The van der Waals surface area contributed by atoms with Gasteiger partial charge in [0.25, 0.3) is 18.2 Å². The molecular weight excluding hydrogens is 512 g/mol. The maximum absolute atomic E-state index is 13.8. The Bertz CT molecular complexity index is 1480. The van der Waals surface area contributed by atoms with Gasteiger partial charge in [-0.3, -0.25) is 14.2 Å². The van der Waals surface area contributed by atoms with Crippen molar-refractivity contribution in [2.75, 3.05) is 4.90 Å². The van der Waals surface area contributed by atoms with E-state index < -0.39 is 48.6 Å². The van der Waals surface area contributed by atoms with E-state index in [1.807, 2.05) is 0 Å². The van der Waals surface area contributed by atoms with Gasteiger partial charge in [0.2, 0.25) is 0 Å². The van der Waals surface area contributed by atoms with Crippen LogP contribution in [0.5, 0.6) is 0 Å². The van der Waals surface area contributed by atoms with E-state index in [0.717, 1.165) is 4.90 Å². The van der Waals surface area contributed by atoms with Gasteiger partial charge in [-0.1, -0.05) is 36.4 Å². The zero-order valence-corrected chi connectivity index (χ0v) is 20.8. The molecule has 12 heteroatoms. The largest absolute Gasteiger partial charge is 0.343 e. The number of hydrogen-bond acceptors (Lipinski definition) is 8. The zero-order chi connectivity index (χ0) is 27.3. The van der Waals surface area contributed by atoms with Crippen molar-refractivity contribution in [2.45, 2.75) is 50.6 Å². The third-order valence-electron chi connectivity index (χ3n) is 6.59. The highest BCUT2D eigenvalue weighted by Crippen LogP contribution is 2.45. The molecule has 0 bridgehead atoms. The molecule has 200 valence electrons. The summed E-state index contributed by atoms with van der Waals surface area (Å²) < 4.78 is 46.4. The van der Waals surface area contributed by atoms with Crippen molar-refractivity contribution in [2.24, 2.45) is 0 Å². The molecule has 4 heterocycles. The summed E-state index contributed by atoms with van der Waals surface area (Å²) in [6, 6.07) is 16.6. The third-order valence-corrected chi connectivity index (χ3v) is 6.59. The molecule has 2 saturated heterocycles. The van der Waals surface area contributed by atoms with Gasteiger partial charge < -0.3 is 14.2 Å². The van der Waals surface area contributed by atoms with E-state index >= 15 is 0 Å². The molecule has 0 spiro atoms. The highest BCUT2D eigenvalue weighted by molar-refractivity contribution is 6.27. The standard InChI is InChI=1S/C27H23F2N5O5/c1-27(2)38-18-19(21(28)29)37-26(20(18)39-27)33-14-32-17-22(33)30-13-31-23(17)34(24(35)15-9-5-3-6-10-15)25(36)16-11-7-4-8-12-16/h3-14,18-21,26H,1-2H3/t18-,19+,20-,26-/m1/s1. The average Bonchev–Trinajstić information content (AvgIpc) is 3.60. The molecule has 6 rings (SSSR count). The van der Waals surface area contributed by atoms with Crippen LogP contribution in [0.15, 0.2) is 73.3 Å². The molecule has 2 aromatic heterocycles. The number of anilines is 1. The first-order valence-corrected chi connectivity index (χ1v) is 12.2. The molecule has 4 aromatic rings. The van der Waals surface area contributed by atoms with E-state index in [1.54, 1.807) is 74.5 Å². The molecule has 0 N–H and O–H groups in total. The molecule has 2 aromatic carbocycles. The monoisotopic (exact) mass is 535 g/mol. The lowest BCUT2D eigenvalue weighted by molar-refractivity contribution is -0.210. The molecule has 39 heavy (non-hydrogen) atoms. The summed E-state index contributed by atoms with van der Waals surface area (Å²) in [5.74, 6) is -2.40. The van der Waals surface area contributed by atoms with Gasteiger partial charge in [0, 0.05) is 11.1 Å². The minimum absolute atomic E-state index is 0.0645. The van der Waals surface area contributed by atoms with Crippen molar-refractivity contribution in [3.05, 3.63) is 84.4 Å². The molecule has 10 nitrogen and oxygen atoms in total. The Morgan fingerprint density at radius 3 is 2.08 bits per heavy atom. The summed E-state index contributed by atoms with van der Waals surface area (Å²) >= 11 is 0. The lowest BCUT2D eigenvalue weighted by atomic mass is 10.1. The Morgan fingerprint density at radius 2 is 1.49 bits per heavy atom. The summed E-state index contributed by atoms with van der Waals surface area (Å²) in [5, 5.41) is 0. The highest BCUT2D eigenvalue weighted by atomic mass is 19.3. The number of aromatic nitrogens is 4. The molecule has 0 radical (unpaired) electrons. The van der Waals surface area contributed by atoms with Gasteiger partial charge in [-0.25, -0.2) is 28.6 Å². The number of nitrogens with zero attached hydrogens (tertiary/aromatic N) is 5. The predicted molar refractivity (Wildman–Crippen MR) is 133 cm³/mol. The second-order valence-corrected chi connectivity index (χ2v) is 9.59. The van der Waals surface area contributed by atoms with Crippen LogP contribution in [0.4, 0.5) is 14.6 Å².